The number of rotatable bonds is 4. The zero-order valence-electron chi connectivity index (χ0n) is 15.6. The first-order chi connectivity index (χ1) is 14.4. The van der Waals surface area contributed by atoms with Crippen molar-refractivity contribution in [2.75, 3.05) is 7.11 Å². The summed E-state index contributed by atoms with van der Waals surface area (Å²) in [5.74, 6) is -0.720. The van der Waals surface area contributed by atoms with Crippen molar-refractivity contribution >= 4 is 33.8 Å². The van der Waals surface area contributed by atoms with Gasteiger partial charge in [0, 0.05) is 22.4 Å². The van der Waals surface area contributed by atoms with E-state index in [1.54, 1.807) is 24.4 Å². The second kappa shape index (κ2) is 6.21. The maximum absolute atomic E-state index is 13.5. The smallest absolute Gasteiger partial charge is 0.322 e. The van der Waals surface area contributed by atoms with Gasteiger partial charge in [0.25, 0.3) is 5.91 Å². The number of pyridine rings is 1. The van der Waals surface area contributed by atoms with Gasteiger partial charge in [-0.25, -0.2) is 14.2 Å². The molecule has 0 aliphatic carbocycles. The topological polar surface area (TPSA) is 119 Å². The lowest BCUT2D eigenvalue weighted by atomic mass is 9.96. The minimum absolute atomic E-state index is 0.0636. The molecule has 3 N–H and O–H groups in total. The molecule has 9 nitrogen and oxygen atoms in total. The second-order valence-electron chi connectivity index (χ2n) is 7.01. The van der Waals surface area contributed by atoms with Crippen LogP contribution in [0.2, 0.25) is 0 Å². The van der Waals surface area contributed by atoms with E-state index in [0.717, 1.165) is 6.20 Å². The van der Waals surface area contributed by atoms with Crippen LogP contribution < -0.4 is 15.4 Å². The molecule has 0 saturated carbocycles. The van der Waals surface area contributed by atoms with Crippen molar-refractivity contribution in [3.63, 3.8) is 0 Å². The van der Waals surface area contributed by atoms with E-state index < -0.39 is 23.3 Å². The Bertz CT molecular complexity index is 1340. The molecule has 4 aromatic rings. The summed E-state index contributed by atoms with van der Waals surface area (Å²) in [4.78, 5) is 28.7. The SMILES string of the molecule is COc1ccc2cn(C[C@@]3(c4cc5cc(F)cnc5o4)NC(=O)NC3=O)c(O)c2c1. The van der Waals surface area contributed by atoms with E-state index in [0.29, 0.717) is 21.9 Å². The van der Waals surface area contributed by atoms with Crippen LogP contribution in [0.1, 0.15) is 5.76 Å². The monoisotopic (exact) mass is 410 g/mol. The van der Waals surface area contributed by atoms with Gasteiger partial charge < -0.3 is 24.1 Å². The van der Waals surface area contributed by atoms with Gasteiger partial charge in [-0.2, -0.15) is 0 Å². The molecule has 3 amide bonds. The summed E-state index contributed by atoms with van der Waals surface area (Å²) in [7, 11) is 1.51. The van der Waals surface area contributed by atoms with Crippen molar-refractivity contribution in [1.29, 1.82) is 0 Å². The van der Waals surface area contributed by atoms with Crippen LogP contribution in [0.4, 0.5) is 9.18 Å². The Kier molecular flexibility index (Phi) is 3.72. The summed E-state index contributed by atoms with van der Waals surface area (Å²) in [6, 6.07) is 7.11. The first-order valence-electron chi connectivity index (χ1n) is 8.94. The number of fused-ring (bicyclic) bond motifs is 2. The Morgan fingerprint density at radius 1 is 1.27 bits per heavy atom. The third-order valence-electron chi connectivity index (χ3n) is 5.18. The quantitative estimate of drug-likeness (QED) is 0.445. The zero-order valence-corrected chi connectivity index (χ0v) is 15.6. The number of hydrogen-bond acceptors (Lipinski definition) is 6. The highest BCUT2D eigenvalue weighted by Crippen LogP contribution is 2.36. The van der Waals surface area contributed by atoms with Gasteiger partial charge in [-0.1, -0.05) is 0 Å². The second-order valence-corrected chi connectivity index (χ2v) is 7.01. The largest absolute Gasteiger partial charge is 0.497 e. The molecule has 1 aromatic carbocycles. The highest BCUT2D eigenvalue weighted by Gasteiger charge is 2.51. The van der Waals surface area contributed by atoms with E-state index in [1.165, 1.54) is 23.8 Å². The van der Waals surface area contributed by atoms with Crippen molar-refractivity contribution in [2.45, 2.75) is 12.1 Å². The Balaban J connectivity index is 1.65. The highest BCUT2D eigenvalue weighted by molar-refractivity contribution is 6.07. The number of nitrogens with zero attached hydrogens (tertiary/aromatic N) is 2. The number of aromatic nitrogens is 2. The number of aromatic hydroxyl groups is 1. The molecule has 1 saturated heterocycles. The van der Waals surface area contributed by atoms with Crippen LogP contribution in [0.3, 0.4) is 0 Å². The Morgan fingerprint density at radius 2 is 2.10 bits per heavy atom. The summed E-state index contributed by atoms with van der Waals surface area (Å²) in [5.41, 5.74) is -1.54. The van der Waals surface area contributed by atoms with E-state index >= 15 is 0 Å². The van der Waals surface area contributed by atoms with Gasteiger partial charge in [0.2, 0.25) is 5.71 Å². The van der Waals surface area contributed by atoms with Crippen molar-refractivity contribution < 1.29 is 28.2 Å². The van der Waals surface area contributed by atoms with Gasteiger partial charge in [0.1, 0.15) is 17.3 Å². The first-order valence-corrected chi connectivity index (χ1v) is 8.94. The molecule has 1 fully saturated rings. The predicted octanol–water partition coefficient (Wildman–Crippen LogP) is 2.37. The normalized spacial score (nSPS) is 18.7. The van der Waals surface area contributed by atoms with E-state index in [2.05, 4.69) is 15.6 Å². The molecule has 5 rings (SSSR count). The van der Waals surface area contributed by atoms with E-state index in [9.17, 15) is 19.1 Å². The van der Waals surface area contributed by atoms with Gasteiger partial charge in [-0.3, -0.25) is 10.1 Å². The minimum atomic E-state index is -1.66. The van der Waals surface area contributed by atoms with E-state index in [1.807, 2.05) is 0 Å². The predicted molar refractivity (Wildman–Crippen MR) is 102 cm³/mol. The fourth-order valence-corrected chi connectivity index (χ4v) is 3.70. The lowest BCUT2D eigenvalue weighted by Gasteiger charge is -2.24. The summed E-state index contributed by atoms with van der Waals surface area (Å²) < 4.78 is 25.8. The van der Waals surface area contributed by atoms with Gasteiger partial charge in [0.15, 0.2) is 11.4 Å². The van der Waals surface area contributed by atoms with Crippen LogP contribution in [-0.4, -0.2) is 33.7 Å². The molecule has 3 aromatic heterocycles. The number of ether oxygens (including phenoxy) is 1. The first kappa shape index (κ1) is 18.0. The Hall–Kier alpha value is -4.08. The summed E-state index contributed by atoms with van der Waals surface area (Å²) in [6.45, 7) is -0.171. The molecule has 0 unspecified atom stereocenters. The standard InChI is InChI=1S/C20H15FN4O5/c1-29-13-3-2-10-8-25(17(26)14(10)6-13)9-20(18(27)23-19(28)24-20)15-5-11-4-12(21)7-22-16(11)30-15/h2-8,26H,9H2,1H3,(H2,23,24,27,28)/t20-/m0/s1. The fraction of sp³-hybridized carbons (Fsp3) is 0.150. The number of methoxy groups -OCH3 is 1. The number of nitrogens with one attached hydrogen (secondary N) is 2. The van der Waals surface area contributed by atoms with Crippen molar-refractivity contribution in [2.24, 2.45) is 0 Å². The van der Waals surface area contributed by atoms with Gasteiger partial charge in [-0.15, -0.1) is 0 Å². The molecule has 0 bridgehead atoms. The third-order valence-corrected chi connectivity index (χ3v) is 5.18. The van der Waals surface area contributed by atoms with Crippen molar-refractivity contribution in [3.05, 3.63) is 54.3 Å². The summed E-state index contributed by atoms with van der Waals surface area (Å²) in [5, 5.41) is 17.1. The minimum Gasteiger partial charge on any atom is -0.497 e. The average Bonchev–Trinajstić information content (AvgIpc) is 3.36. The molecule has 10 heteroatoms. The molecule has 0 spiro atoms. The van der Waals surface area contributed by atoms with Crippen LogP contribution in [0.5, 0.6) is 11.6 Å². The highest BCUT2D eigenvalue weighted by atomic mass is 19.1. The van der Waals surface area contributed by atoms with Gasteiger partial charge >= 0.3 is 6.03 Å². The molecule has 30 heavy (non-hydrogen) atoms. The Morgan fingerprint density at radius 3 is 2.83 bits per heavy atom. The van der Waals surface area contributed by atoms with E-state index in [-0.39, 0.29) is 23.9 Å². The van der Waals surface area contributed by atoms with Crippen molar-refractivity contribution in [1.82, 2.24) is 20.2 Å². The van der Waals surface area contributed by atoms with Crippen LogP contribution >= 0.6 is 0 Å². The summed E-state index contributed by atoms with van der Waals surface area (Å²) >= 11 is 0. The number of amides is 3. The fourth-order valence-electron chi connectivity index (χ4n) is 3.70. The number of urea groups is 1. The summed E-state index contributed by atoms with van der Waals surface area (Å²) in [6.07, 6.45) is 2.64. The molecule has 1 atom stereocenters. The van der Waals surface area contributed by atoms with Crippen LogP contribution in [0, 0.1) is 5.82 Å². The van der Waals surface area contributed by atoms with Crippen LogP contribution in [-0.2, 0) is 16.9 Å². The number of carbonyl (C=O) groups is 2. The maximum atomic E-state index is 13.5. The molecular formula is C20H15FN4O5. The van der Waals surface area contributed by atoms with Crippen molar-refractivity contribution in [3.8, 4) is 11.6 Å². The van der Waals surface area contributed by atoms with Crippen LogP contribution in [0.25, 0.3) is 21.9 Å². The number of carbonyl (C=O) groups excluding carboxylic acids is 2. The molecule has 0 radical (unpaired) electrons. The molecule has 152 valence electrons. The zero-order chi connectivity index (χ0) is 21.0. The number of benzene rings is 1. The lowest BCUT2D eigenvalue weighted by molar-refractivity contribution is -0.125. The molecule has 1 aliphatic heterocycles. The van der Waals surface area contributed by atoms with Crippen LogP contribution in [0.15, 0.2) is 47.1 Å². The number of imide groups is 1. The lowest BCUT2D eigenvalue weighted by Crippen LogP contribution is -2.47. The average molecular weight is 410 g/mol. The molecule has 4 heterocycles. The Labute approximate surface area is 168 Å². The number of hydrogen-bond donors (Lipinski definition) is 3. The molecule has 1 aliphatic rings. The van der Waals surface area contributed by atoms with Gasteiger partial charge in [-0.05, 0) is 30.3 Å². The third kappa shape index (κ3) is 2.57. The number of halogens is 1. The maximum Gasteiger partial charge on any atom is 0.322 e. The van der Waals surface area contributed by atoms with Gasteiger partial charge in [0.05, 0.1) is 19.9 Å². The van der Waals surface area contributed by atoms with E-state index in [4.69, 9.17) is 9.15 Å². The molecular weight excluding hydrogens is 395 g/mol. The number of furan rings is 1.